The lowest BCUT2D eigenvalue weighted by molar-refractivity contribution is -0.123. The fourth-order valence-corrected chi connectivity index (χ4v) is 1.22. The summed E-state index contributed by atoms with van der Waals surface area (Å²) < 4.78 is 4.47. The largest absolute Gasteiger partial charge is 0.453 e. The fraction of sp³-hybridized carbons (Fsp3) is 0.750. The molecule has 0 aliphatic heterocycles. The Morgan fingerprint density at radius 1 is 1.38 bits per heavy atom. The van der Waals surface area contributed by atoms with Gasteiger partial charge in [0.25, 0.3) is 0 Å². The van der Waals surface area contributed by atoms with E-state index in [1.165, 1.54) is 19.1 Å². The molecule has 76 valence electrons. The van der Waals surface area contributed by atoms with Crippen molar-refractivity contribution >= 4 is 12.0 Å². The zero-order valence-corrected chi connectivity index (χ0v) is 8.40. The number of nitrogens with two attached hydrogens (primary N) is 1. The van der Waals surface area contributed by atoms with Crippen LogP contribution in [0.15, 0.2) is 0 Å². The van der Waals surface area contributed by atoms with Gasteiger partial charge in [0.05, 0.1) is 7.11 Å². The van der Waals surface area contributed by atoms with E-state index in [-0.39, 0.29) is 5.92 Å². The Kier molecular flexibility index (Phi) is 4.23. The minimum Gasteiger partial charge on any atom is -0.453 e. The Morgan fingerprint density at radius 2 is 1.85 bits per heavy atom. The van der Waals surface area contributed by atoms with E-state index < -0.39 is 18.0 Å². The van der Waals surface area contributed by atoms with Gasteiger partial charge in [-0.2, -0.15) is 0 Å². The van der Waals surface area contributed by atoms with E-state index in [0.29, 0.717) is 0 Å². The fourth-order valence-electron chi connectivity index (χ4n) is 1.22. The van der Waals surface area contributed by atoms with Crippen LogP contribution in [0.25, 0.3) is 0 Å². The first-order valence-corrected chi connectivity index (χ1v) is 4.02. The number of hydrogen-bond donors (Lipinski definition) is 1. The Balaban J connectivity index is 4.55. The molecule has 1 atom stereocenters. The third-order valence-corrected chi connectivity index (χ3v) is 1.80. The van der Waals surface area contributed by atoms with Crippen LogP contribution >= 0.6 is 0 Å². The number of nitrogens with zero attached hydrogens (tertiary/aromatic N) is 1. The lowest BCUT2D eigenvalue weighted by Gasteiger charge is -2.27. The molecule has 2 amide bonds. The number of amides is 2. The average Bonchev–Trinajstić information content (AvgIpc) is 2.01. The molecule has 0 aromatic heterocycles. The van der Waals surface area contributed by atoms with Gasteiger partial charge >= 0.3 is 6.09 Å². The molecule has 0 unspecified atom stereocenters. The number of carbonyl (C=O) groups excluding carboxylic acids is 2. The van der Waals surface area contributed by atoms with Gasteiger partial charge in [-0.15, -0.1) is 0 Å². The summed E-state index contributed by atoms with van der Waals surface area (Å²) in [6, 6.07) is -0.618. The molecule has 2 N–H and O–H groups in total. The first kappa shape index (κ1) is 11.7. The summed E-state index contributed by atoms with van der Waals surface area (Å²) in [5, 5.41) is 0. The molecule has 0 radical (unpaired) electrons. The lowest BCUT2D eigenvalue weighted by atomic mass is 10.0. The normalized spacial score (nSPS) is 12.4. The summed E-state index contributed by atoms with van der Waals surface area (Å²) in [6.07, 6.45) is -0.558. The Hall–Kier alpha value is -1.26. The maximum Gasteiger partial charge on any atom is 0.409 e. The molecule has 0 rings (SSSR count). The van der Waals surface area contributed by atoms with Crippen molar-refractivity contribution < 1.29 is 14.3 Å². The Bertz CT molecular complexity index is 204. The zero-order valence-electron chi connectivity index (χ0n) is 8.40. The second-order valence-corrected chi connectivity index (χ2v) is 3.17. The quantitative estimate of drug-likeness (QED) is 0.687. The second-order valence-electron chi connectivity index (χ2n) is 3.17. The predicted molar refractivity (Wildman–Crippen MR) is 48.0 cm³/mol. The summed E-state index contributed by atoms with van der Waals surface area (Å²) in [6.45, 7) is 3.63. The molecule has 0 fully saturated rings. The SMILES string of the molecule is COC(=O)N(C)[C@H](C(N)=O)C(C)C. The molecule has 0 spiro atoms. The highest BCUT2D eigenvalue weighted by Gasteiger charge is 2.28. The standard InChI is InChI=1S/C8H16N2O3/c1-5(2)6(7(9)11)10(3)8(12)13-4/h5-6H,1-4H3,(H2,9,11)/t6-/m0/s1. The van der Waals surface area contributed by atoms with Crippen molar-refractivity contribution in [2.75, 3.05) is 14.2 Å². The van der Waals surface area contributed by atoms with E-state index in [4.69, 9.17) is 5.73 Å². The minimum atomic E-state index is -0.618. The van der Waals surface area contributed by atoms with Crippen LogP contribution in [-0.2, 0) is 9.53 Å². The van der Waals surface area contributed by atoms with E-state index >= 15 is 0 Å². The van der Waals surface area contributed by atoms with Gasteiger partial charge in [0, 0.05) is 7.05 Å². The number of ether oxygens (including phenoxy) is 1. The zero-order chi connectivity index (χ0) is 10.6. The molecule has 0 aliphatic carbocycles. The average molecular weight is 188 g/mol. The van der Waals surface area contributed by atoms with E-state index in [2.05, 4.69) is 4.74 Å². The number of primary amides is 1. The Labute approximate surface area is 77.8 Å². The highest BCUT2D eigenvalue weighted by atomic mass is 16.5. The third kappa shape index (κ3) is 2.93. The number of rotatable bonds is 3. The molecule has 0 aromatic carbocycles. The number of hydrogen-bond acceptors (Lipinski definition) is 3. The Morgan fingerprint density at radius 3 is 2.08 bits per heavy atom. The van der Waals surface area contributed by atoms with Crippen molar-refractivity contribution in [3.63, 3.8) is 0 Å². The van der Waals surface area contributed by atoms with Crippen LogP contribution in [0.1, 0.15) is 13.8 Å². The predicted octanol–water partition coefficient (Wildman–Crippen LogP) is 0.194. The molecule has 0 aliphatic rings. The first-order chi connectivity index (χ1) is 5.91. The lowest BCUT2D eigenvalue weighted by Crippen LogP contribution is -2.48. The molecule has 0 bridgehead atoms. The third-order valence-electron chi connectivity index (χ3n) is 1.80. The molecular weight excluding hydrogens is 172 g/mol. The van der Waals surface area contributed by atoms with Gasteiger partial charge in [-0.1, -0.05) is 13.8 Å². The molecule has 0 heterocycles. The number of carbonyl (C=O) groups is 2. The van der Waals surface area contributed by atoms with Crippen LogP contribution in [0.4, 0.5) is 4.79 Å². The van der Waals surface area contributed by atoms with Gasteiger partial charge in [0.15, 0.2) is 0 Å². The first-order valence-electron chi connectivity index (χ1n) is 4.02. The highest BCUT2D eigenvalue weighted by Crippen LogP contribution is 2.09. The van der Waals surface area contributed by atoms with E-state index in [1.807, 2.05) is 13.8 Å². The van der Waals surface area contributed by atoms with Crippen molar-refractivity contribution in [2.45, 2.75) is 19.9 Å². The molecule has 0 aromatic rings. The topological polar surface area (TPSA) is 72.6 Å². The van der Waals surface area contributed by atoms with Crippen molar-refractivity contribution in [1.82, 2.24) is 4.90 Å². The van der Waals surface area contributed by atoms with Gasteiger partial charge in [-0.05, 0) is 5.92 Å². The van der Waals surface area contributed by atoms with E-state index in [1.54, 1.807) is 0 Å². The minimum absolute atomic E-state index is 0.0263. The maximum absolute atomic E-state index is 11.1. The summed E-state index contributed by atoms with van der Waals surface area (Å²) in [5.41, 5.74) is 5.14. The van der Waals surface area contributed by atoms with Crippen LogP contribution in [-0.4, -0.2) is 37.1 Å². The van der Waals surface area contributed by atoms with Crippen LogP contribution in [0, 0.1) is 5.92 Å². The van der Waals surface area contributed by atoms with Gasteiger partial charge < -0.3 is 10.5 Å². The van der Waals surface area contributed by atoms with Gasteiger partial charge in [-0.3, -0.25) is 9.69 Å². The molecule has 0 saturated heterocycles. The summed E-state index contributed by atoms with van der Waals surface area (Å²) in [5.74, 6) is -0.551. The second kappa shape index (κ2) is 4.69. The van der Waals surface area contributed by atoms with Crippen LogP contribution in [0.5, 0.6) is 0 Å². The van der Waals surface area contributed by atoms with E-state index in [9.17, 15) is 9.59 Å². The summed E-state index contributed by atoms with van der Waals surface area (Å²) in [7, 11) is 2.75. The molecular formula is C8H16N2O3. The monoisotopic (exact) mass is 188 g/mol. The number of methoxy groups -OCH3 is 1. The molecule has 13 heavy (non-hydrogen) atoms. The smallest absolute Gasteiger partial charge is 0.409 e. The molecule has 0 saturated carbocycles. The van der Waals surface area contributed by atoms with Crippen molar-refractivity contribution in [3.05, 3.63) is 0 Å². The molecule has 5 nitrogen and oxygen atoms in total. The summed E-state index contributed by atoms with van der Waals surface area (Å²) >= 11 is 0. The van der Waals surface area contributed by atoms with E-state index in [0.717, 1.165) is 0 Å². The summed E-state index contributed by atoms with van der Waals surface area (Å²) in [4.78, 5) is 23.2. The van der Waals surface area contributed by atoms with Gasteiger partial charge in [0.1, 0.15) is 6.04 Å². The van der Waals surface area contributed by atoms with Crippen molar-refractivity contribution in [2.24, 2.45) is 11.7 Å². The van der Waals surface area contributed by atoms with Crippen molar-refractivity contribution in [3.8, 4) is 0 Å². The van der Waals surface area contributed by atoms with Crippen molar-refractivity contribution in [1.29, 1.82) is 0 Å². The van der Waals surface area contributed by atoms with Gasteiger partial charge in [0.2, 0.25) is 5.91 Å². The highest BCUT2D eigenvalue weighted by molar-refractivity contribution is 5.84. The van der Waals surface area contributed by atoms with Gasteiger partial charge in [-0.25, -0.2) is 4.79 Å². The maximum atomic E-state index is 11.1. The van der Waals surface area contributed by atoms with Crippen LogP contribution < -0.4 is 5.73 Å². The van der Waals surface area contributed by atoms with Crippen LogP contribution in [0.3, 0.4) is 0 Å². The van der Waals surface area contributed by atoms with Crippen LogP contribution in [0.2, 0.25) is 0 Å². The number of likely N-dealkylation sites (N-methyl/N-ethyl adjacent to an activating group) is 1. The molecule has 5 heteroatoms.